The van der Waals surface area contributed by atoms with Gasteiger partial charge in [-0.3, -0.25) is 30.0 Å². The molecule has 0 saturated carbocycles. The lowest BCUT2D eigenvalue weighted by Gasteiger charge is -2.23. The van der Waals surface area contributed by atoms with Crippen LogP contribution in [-0.2, 0) is 32.0 Å². The number of ether oxygens (including phenoxy) is 1. The predicted molar refractivity (Wildman–Crippen MR) is 126 cm³/mol. The molecule has 0 spiro atoms. The second-order valence-electron chi connectivity index (χ2n) is 7.65. The molecule has 2 aromatic rings. The molecule has 2 aromatic carbocycles. The fraction of sp³-hybridized carbons (Fsp3) is 0.333. The molecule has 1 aliphatic rings. The third-order valence-corrected chi connectivity index (χ3v) is 5.99. The van der Waals surface area contributed by atoms with Crippen molar-refractivity contribution in [1.82, 2.24) is 10.9 Å². The van der Waals surface area contributed by atoms with Gasteiger partial charge in [0.15, 0.2) is 6.61 Å². The third kappa shape index (κ3) is 5.98. The van der Waals surface area contributed by atoms with Gasteiger partial charge in [-0.25, -0.2) is 0 Å². The number of para-hydroxylation sites is 1. The summed E-state index contributed by atoms with van der Waals surface area (Å²) in [7, 11) is 0. The Morgan fingerprint density at radius 3 is 2.27 bits per heavy atom. The van der Waals surface area contributed by atoms with Gasteiger partial charge in [-0.05, 0) is 48.2 Å². The molecule has 1 aliphatic heterocycles. The van der Waals surface area contributed by atoms with E-state index in [4.69, 9.17) is 4.74 Å². The lowest BCUT2D eigenvalue weighted by atomic mass is 10.0. The van der Waals surface area contributed by atoms with Gasteiger partial charge in [0.1, 0.15) is 0 Å². The van der Waals surface area contributed by atoms with Crippen molar-refractivity contribution in [2.24, 2.45) is 5.92 Å². The number of halogens is 1. The van der Waals surface area contributed by atoms with Crippen molar-refractivity contribution in [3.8, 4) is 0 Å². The zero-order chi connectivity index (χ0) is 24.0. The molecule has 1 fully saturated rings. The molecule has 1 saturated heterocycles. The number of anilines is 1. The van der Waals surface area contributed by atoms with E-state index in [-0.39, 0.29) is 18.9 Å². The highest BCUT2D eigenvalue weighted by molar-refractivity contribution is 9.10. The molecule has 0 aliphatic carbocycles. The molecule has 1 heterocycles. The minimum absolute atomic E-state index is 0.0297. The van der Waals surface area contributed by atoms with Crippen molar-refractivity contribution in [1.29, 1.82) is 0 Å². The Labute approximate surface area is 200 Å². The molecule has 3 rings (SSSR count). The van der Waals surface area contributed by atoms with Crippen molar-refractivity contribution < 1.29 is 23.9 Å². The molecule has 0 bridgehead atoms. The number of rotatable bonds is 7. The SMILES string of the molecule is CCc1cccc(CC)c1N1C[C@H](C(=O)OCC(=O)NNC(=O)c2ccc(Br)cc2)CC1=O. The molecule has 0 aromatic heterocycles. The van der Waals surface area contributed by atoms with Gasteiger partial charge in [0.25, 0.3) is 11.8 Å². The van der Waals surface area contributed by atoms with Gasteiger partial charge in [-0.1, -0.05) is 48.0 Å². The first-order valence-corrected chi connectivity index (χ1v) is 11.6. The summed E-state index contributed by atoms with van der Waals surface area (Å²) in [5.74, 6) is -2.59. The molecule has 9 heteroatoms. The summed E-state index contributed by atoms with van der Waals surface area (Å²) in [5, 5.41) is 0. The van der Waals surface area contributed by atoms with Crippen LogP contribution >= 0.6 is 15.9 Å². The van der Waals surface area contributed by atoms with E-state index >= 15 is 0 Å². The number of hydrazine groups is 1. The zero-order valence-corrected chi connectivity index (χ0v) is 20.1. The van der Waals surface area contributed by atoms with Crippen LogP contribution in [0.15, 0.2) is 46.9 Å². The van der Waals surface area contributed by atoms with Crippen LogP contribution in [0.5, 0.6) is 0 Å². The van der Waals surface area contributed by atoms with E-state index in [2.05, 4.69) is 26.8 Å². The van der Waals surface area contributed by atoms with Crippen LogP contribution in [0.4, 0.5) is 5.69 Å². The maximum atomic E-state index is 12.7. The predicted octanol–water partition coefficient (Wildman–Crippen LogP) is 2.93. The Balaban J connectivity index is 1.52. The molecule has 33 heavy (non-hydrogen) atoms. The smallest absolute Gasteiger partial charge is 0.311 e. The normalized spacial score (nSPS) is 15.3. The van der Waals surface area contributed by atoms with Gasteiger partial charge < -0.3 is 9.64 Å². The number of esters is 1. The number of amides is 3. The van der Waals surface area contributed by atoms with Crippen molar-refractivity contribution in [2.75, 3.05) is 18.1 Å². The summed E-state index contributed by atoms with van der Waals surface area (Å²) in [6, 6.07) is 12.5. The highest BCUT2D eigenvalue weighted by Gasteiger charge is 2.37. The van der Waals surface area contributed by atoms with Crippen molar-refractivity contribution in [2.45, 2.75) is 33.1 Å². The number of hydrogen-bond acceptors (Lipinski definition) is 5. The number of carbonyl (C=O) groups excluding carboxylic acids is 4. The van der Waals surface area contributed by atoms with E-state index in [1.54, 1.807) is 29.2 Å². The van der Waals surface area contributed by atoms with Crippen LogP contribution in [0, 0.1) is 5.92 Å². The maximum Gasteiger partial charge on any atom is 0.311 e. The Morgan fingerprint density at radius 2 is 1.67 bits per heavy atom. The van der Waals surface area contributed by atoms with Crippen molar-refractivity contribution in [3.63, 3.8) is 0 Å². The van der Waals surface area contributed by atoms with E-state index in [9.17, 15) is 19.2 Å². The first-order chi connectivity index (χ1) is 15.8. The van der Waals surface area contributed by atoms with Crippen LogP contribution < -0.4 is 15.8 Å². The van der Waals surface area contributed by atoms with E-state index in [0.29, 0.717) is 5.56 Å². The number of benzene rings is 2. The third-order valence-electron chi connectivity index (χ3n) is 5.46. The Bertz CT molecular complexity index is 1030. The molecule has 8 nitrogen and oxygen atoms in total. The molecule has 174 valence electrons. The zero-order valence-electron chi connectivity index (χ0n) is 18.5. The second kappa shape index (κ2) is 11.1. The van der Waals surface area contributed by atoms with Crippen molar-refractivity contribution >= 4 is 45.3 Å². The number of aryl methyl sites for hydroxylation is 2. The van der Waals surface area contributed by atoms with E-state index < -0.39 is 30.3 Å². The molecule has 2 N–H and O–H groups in total. The first-order valence-electron chi connectivity index (χ1n) is 10.8. The number of carbonyl (C=O) groups is 4. The summed E-state index contributed by atoms with van der Waals surface area (Å²) in [5.41, 5.74) is 7.81. The summed E-state index contributed by atoms with van der Waals surface area (Å²) >= 11 is 3.28. The van der Waals surface area contributed by atoms with E-state index in [0.717, 1.165) is 34.1 Å². The topological polar surface area (TPSA) is 105 Å². The average Bonchev–Trinajstić information content (AvgIpc) is 3.21. The van der Waals surface area contributed by atoms with E-state index in [1.807, 2.05) is 32.0 Å². The minimum atomic E-state index is -0.681. The summed E-state index contributed by atoms with van der Waals surface area (Å²) in [6.07, 6.45) is 1.57. The molecular weight excluding hydrogens is 490 g/mol. The van der Waals surface area contributed by atoms with Crippen LogP contribution in [0.25, 0.3) is 0 Å². The fourth-order valence-electron chi connectivity index (χ4n) is 3.73. The molecular formula is C24H26BrN3O5. The average molecular weight is 516 g/mol. The fourth-order valence-corrected chi connectivity index (χ4v) is 4.00. The van der Waals surface area contributed by atoms with Crippen molar-refractivity contribution in [3.05, 3.63) is 63.6 Å². The van der Waals surface area contributed by atoms with Gasteiger partial charge in [0.05, 0.1) is 5.92 Å². The van der Waals surface area contributed by atoms with Crippen LogP contribution in [0.3, 0.4) is 0 Å². The Morgan fingerprint density at radius 1 is 1.03 bits per heavy atom. The van der Waals surface area contributed by atoms with Crippen LogP contribution in [0.2, 0.25) is 0 Å². The molecule has 1 atom stereocenters. The second-order valence-corrected chi connectivity index (χ2v) is 8.57. The van der Waals surface area contributed by atoms with Gasteiger partial charge in [0.2, 0.25) is 5.91 Å². The highest BCUT2D eigenvalue weighted by Crippen LogP contribution is 2.32. The lowest BCUT2D eigenvalue weighted by molar-refractivity contribution is -0.152. The van der Waals surface area contributed by atoms with Crippen LogP contribution in [-0.4, -0.2) is 36.8 Å². The monoisotopic (exact) mass is 515 g/mol. The van der Waals surface area contributed by atoms with Gasteiger partial charge >= 0.3 is 5.97 Å². The molecule has 3 amide bonds. The largest absolute Gasteiger partial charge is 0.455 e. The summed E-state index contributed by atoms with van der Waals surface area (Å²) in [4.78, 5) is 50.8. The summed E-state index contributed by atoms with van der Waals surface area (Å²) < 4.78 is 5.92. The van der Waals surface area contributed by atoms with Crippen LogP contribution in [0.1, 0.15) is 41.8 Å². The number of nitrogens with zero attached hydrogens (tertiary/aromatic N) is 1. The minimum Gasteiger partial charge on any atom is -0.455 e. The lowest BCUT2D eigenvalue weighted by Crippen LogP contribution is -2.43. The standard InChI is InChI=1S/C24H26BrN3O5/c1-3-15-6-5-7-16(4-2)22(15)28-13-18(12-21(28)30)24(32)33-14-20(29)26-27-23(31)17-8-10-19(25)11-9-17/h5-11,18H,3-4,12-14H2,1-2H3,(H,26,29)(H,27,31)/t18-/m1/s1. The quantitative estimate of drug-likeness (QED) is 0.435. The molecule has 0 unspecified atom stereocenters. The van der Waals surface area contributed by atoms with Gasteiger partial charge in [-0.15, -0.1) is 0 Å². The van der Waals surface area contributed by atoms with Gasteiger partial charge in [0, 0.05) is 28.7 Å². The molecule has 0 radical (unpaired) electrons. The van der Waals surface area contributed by atoms with E-state index in [1.165, 1.54) is 0 Å². The first kappa shape index (κ1) is 24.4. The summed E-state index contributed by atoms with van der Waals surface area (Å²) in [6.45, 7) is 3.71. The van der Waals surface area contributed by atoms with Gasteiger partial charge in [-0.2, -0.15) is 0 Å². The number of hydrogen-bond donors (Lipinski definition) is 2. The number of nitrogens with one attached hydrogen (secondary N) is 2. The maximum absolute atomic E-state index is 12.7. The Hall–Kier alpha value is -3.20. The Kier molecular flexibility index (Phi) is 8.21. The highest BCUT2D eigenvalue weighted by atomic mass is 79.9.